The molecule has 0 unspecified atom stereocenters. The first-order valence-electron chi connectivity index (χ1n) is 9.89. The lowest BCUT2D eigenvalue weighted by molar-refractivity contribution is -0.130. The summed E-state index contributed by atoms with van der Waals surface area (Å²) >= 11 is 0. The number of hydrogen-bond acceptors (Lipinski definition) is 5. The van der Waals surface area contributed by atoms with Gasteiger partial charge in [0, 0.05) is 32.7 Å². The second kappa shape index (κ2) is 9.74. The Morgan fingerprint density at radius 2 is 1.80 bits per heavy atom. The zero-order valence-corrected chi connectivity index (χ0v) is 17.9. The fourth-order valence-electron chi connectivity index (χ4n) is 3.57. The minimum atomic E-state index is -3.41. The first-order valence-corrected chi connectivity index (χ1v) is 11.8. The standard InChI is InChI=1S/C22H26N4O3S/c1-30(28,29)24-21-6-3-2-5-20(21)15-22(27)26-12-4-11-25(13-14-26)17-19-9-7-18(16-23)8-10-19/h2-3,5-10,24H,4,11-15,17H2,1H3. The summed E-state index contributed by atoms with van der Waals surface area (Å²) < 4.78 is 25.6. The third-order valence-electron chi connectivity index (χ3n) is 5.08. The number of hydrogen-bond donors (Lipinski definition) is 1. The highest BCUT2D eigenvalue weighted by Crippen LogP contribution is 2.18. The van der Waals surface area contributed by atoms with Crippen molar-refractivity contribution in [1.82, 2.24) is 9.80 Å². The van der Waals surface area contributed by atoms with Gasteiger partial charge in [0.1, 0.15) is 0 Å². The minimum Gasteiger partial charge on any atom is -0.341 e. The van der Waals surface area contributed by atoms with Crippen molar-refractivity contribution in [2.75, 3.05) is 37.2 Å². The van der Waals surface area contributed by atoms with E-state index in [0.717, 1.165) is 37.9 Å². The van der Waals surface area contributed by atoms with Crippen molar-refractivity contribution in [2.45, 2.75) is 19.4 Å². The molecule has 1 saturated heterocycles. The second-order valence-corrected chi connectivity index (χ2v) is 9.28. The summed E-state index contributed by atoms with van der Waals surface area (Å²) in [6.07, 6.45) is 2.14. The van der Waals surface area contributed by atoms with E-state index in [2.05, 4.69) is 15.7 Å². The second-order valence-electron chi connectivity index (χ2n) is 7.53. The van der Waals surface area contributed by atoms with Crippen LogP contribution < -0.4 is 4.72 Å². The Hall–Kier alpha value is -2.89. The molecule has 2 aromatic rings. The van der Waals surface area contributed by atoms with Crippen molar-refractivity contribution < 1.29 is 13.2 Å². The number of rotatable bonds is 6. The van der Waals surface area contributed by atoms with Gasteiger partial charge in [0.25, 0.3) is 0 Å². The van der Waals surface area contributed by atoms with E-state index >= 15 is 0 Å². The van der Waals surface area contributed by atoms with Gasteiger partial charge in [0.05, 0.1) is 30.0 Å². The number of benzene rings is 2. The minimum absolute atomic E-state index is 0.00188. The summed E-state index contributed by atoms with van der Waals surface area (Å²) in [4.78, 5) is 17.0. The van der Waals surface area contributed by atoms with Crippen molar-refractivity contribution >= 4 is 21.6 Å². The molecule has 1 heterocycles. The Labute approximate surface area is 178 Å². The molecule has 1 fully saturated rings. The smallest absolute Gasteiger partial charge is 0.229 e. The number of nitrogens with one attached hydrogen (secondary N) is 1. The van der Waals surface area contributed by atoms with Crippen LogP contribution in [0.3, 0.4) is 0 Å². The summed E-state index contributed by atoms with van der Waals surface area (Å²) in [5.41, 5.74) is 2.92. The highest BCUT2D eigenvalue weighted by molar-refractivity contribution is 7.92. The van der Waals surface area contributed by atoms with E-state index in [4.69, 9.17) is 5.26 Å². The molecule has 1 amide bonds. The number of sulfonamides is 1. The topological polar surface area (TPSA) is 93.5 Å². The van der Waals surface area contributed by atoms with Crippen LogP contribution in [0.5, 0.6) is 0 Å². The monoisotopic (exact) mass is 426 g/mol. The number of amides is 1. The van der Waals surface area contributed by atoms with E-state index in [9.17, 15) is 13.2 Å². The molecular weight excluding hydrogens is 400 g/mol. The molecular formula is C22H26N4O3S. The molecule has 3 rings (SSSR count). The largest absolute Gasteiger partial charge is 0.341 e. The summed E-state index contributed by atoms with van der Waals surface area (Å²) in [7, 11) is -3.41. The maximum atomic E-state index is 12.9. The maximum Gasteiger partial charge on any atom is 0.229 e. The van der Waals surface area contributed by atoms with Crippen LogP contribution in [-0.4, -0.2) is 56.6 Å². The lowest BCUT2D eigenvalue weighted by atomic mass is 10.1. The van der Waals surface area contributed by atoms with Crippen LogP contribution in [0, 0.1) is 11.3 Å². The SMILES string of the molecule is CS(=O)(=O)Nc1ccccc1CC(=O)N1CCCN(Cc2ccc(C#N)cc2)CC1. The number of carbonyl (C=O) groups is 1. The highest BCUT2D eigenvalue weighted by Gasteiger charge is 2.20. The van der Waals surface area contributed by atoms with Crippen LogP contribution in [0.2, 0.25) is 0 Å². The molecule has 7 nitrogen and oxygen atoms in total. The molecule has 0 aliphatic carbocycles. The van der Waals surface area contributed by atoms with Gasteiger partial charge in [0.2, 0.25) is 15.9 Å². The highest BCUT2D eigenvalue weighted by atomic mass is 32.2. The van der Waals surface area contributed by atoms with Gasteiger partial charge in [-0.25, -0.2) is 8.42 Å². The van der Waals surface area contributed by atoms with E-state index < -0.39 is 10.0 Å². The van der Waals surface area contributed by atoms with E-state index in [-0.39, 0.29) is 12.3 Å². The lowest BCUT2D eigenvalue weighted by Crippen LogP contribution is -2.36. The third kappa shape index (κ3) is 6.31. The third-order valence-corrected chi connectivity index (χ3v) is 5.68. The summed E-state index contributed by atoms with van der Waals surface area (Å²) in [6, 6.07) is 16.7. The van der Waals surface area contributed by atoms with Gasteiger partial charge in [-0.2, -0.15) is 5.26 Å². The van der Waals surface area contributed by atoms with Crippen LogP contribution in [-0.2, 0) is 27.8 Å². The molecule has 0 radical (unpaired) electrons. The molecule has 30 heavy (non-hydrogen) atoms. The number of nitriles is 1. The first kappa shape index (κ1) is 21.8. The Morgan fingerprint density at radius 1 is 1.07 bits per heavy atom. The quantitative estimate of drug-likeness (QED) is 0.764. The van der Waals surface area contributed by atoms with Gasteiger partial charge in [-0.1, -0.05) is 30.3 Å². The Balaban J connectivity index is 1.59. The van der Waals surface area contributed by atoms with E-state index in [1.165, 1.54) is 0 Å². The van der Waals surface area contributed by atoms with E-state index in [0.29, 0.717) is 29.9 Å². The van der Waals surface area contributed by atoms with Crippen LogP contribution in [0.1, 0.15) is 23.1 Å². The summed E-state index contributed by atoms with van der Waals surface area (Å²) in [5, 5.41) is 8.92. The van der Waals surface area contributed by atoms with Crippen molar-refractivity contribution in [1.29, 1.82) is 5.26 Å². The Bertz CT molecular complexity index is 1030. The van der Waals surface area contributed by atoms with Gasteiger partial charge in [0.15, 0.2) is 0 Å². The van der Waals surface area contributed by atoms with Crippen molar-refractivity contribution in [3.63, 3.8) is 0 Å². The van der Waals surface area contributed by atoms with Gasteiger partial charge in [-0.15, -0.1) is 0 Å². The molecule has 0 bridgehead atoms. The van der Waals surface area contributed by atoms with Crippen LogP contribution in [0.25, 0.3) is 0 Å². The Morgan fingerprint density at radius 3 is 2.50 bits per heavy atom. The van der Waals surface area contributed by atoms with Crippen LogP contribution in [0.4, 0.5) is 5.69 Å². The molecule has 2 aromatic carbocycles. The predicted molar refractivity (Wildman–Crippen MR) is 116 cm³/mol. The number of nitrogens with zero attached hydrogens (tertiary/aromatic N) is 3. The molecule has 8 heteroatoms. The van der Waals surface area contributed by atoms with E-state index in [1.54, 1.807) is 24.3 Å². The van der Waals surface area contributed by atoms with Gasteiger partial charge < -0.3 is 4.90 Å². The van der Waals surface area contributed by atoms with Crippen molar-refractivity contribution in [2.24, 2.45) is 0 Å². The lowest BCUT2D eigenvalue weighted by Gasteiger charge is -2.22. The van der Waals surface area contributed by atoms with Crippen LogP contribution in [0.15, 0.2) is 48.5 Å². The molecule has 0 spiro atoms. The van der Waals surface area contributed by atoms with E-state index in [1.807, 2.05) is 29.2 Å². The number of anilines is 1. The number of para-hydroxylation sites is 1. The van der Waals surface area contributed by atoms with Gasteiger partial charge in [-0.05, 0) is 35.7 Å². The summed E-state index contributed by atoms with van der Waals surface area (Å²) in [6.45, 7) is 3.78. The molecule has 1 aliphatic heterocycles. The zero-order chi connectivity index (χ0) is 21.6. The fraction of sp³-hybridized carbons (Fsp3) is 0.364. The average Bonchev–Trinajstić information content (AvgIpc) is 2.95. The number of carbonyl (C=O) groups excluding carboxylic acids is 1. The molecule has 1 N–H and O–H groups in total. The fourth-order valence-corrected chi connectivity index (χ4v) is 4.17. The molecule has 0 atom stereocenters. The molecule has 1 aliphatic rings. The molecule has 158 valence electrons. The van der Waals surface area contributed by atoms with Crippen molar-refractivity contribution in [3.8, 4) is 6.07 Å². The van der Waals surface area contributed by atoms with Crippen molar-refractivity contribution in [3.05, 3.63) is 65.2 Å². The molecule has 0 aromatic heterocycles. The summed E-state index contributed by atoms with van der Waals surface area (Å²) in [5.74, 6) is -0.00188. The molecule has 0 saturated carbocycles. The Kier molecular flexibility index (Phi) is 7.08. The van der Waals surface area contributed by atoms with Gasteiger partial charge in [-0.3, -0.25) is 14.4 Å². The zero-order valence-electron chi connectivity index (χ0n) is 17.0. The van der Waals surface area contributed by atoms with Crippen LogP contribution >= 0.6 is 0 Å². The van der Waals surface area contributed by atoms with Gasteiger partial charge >= 0.3 is 0 Å². The average molecular weight is 427 g/mol. The normalized spacial score (nSPS) is 15.3. The predicted octanol–water partition coefficient (Wildman–Crippen LogP) is 2.21. The first-order chi connectivity index (χ1) is 14.3. The maximum absolute atomic E-state index is 12.9.